The van der Waals surface area contributed by atoms with Gasteiger partial charge in [0, 0.05) is 19.0 Å². The van der Waals surface area contributed by atoms with Crippen LogP contribution in [0.4, 0.5) is 0 Å². The van der Waals surface area contributed by atoms with E-state index in [1.54, 1.807) is 6.33 Å². The summed E-state index contributed by atoms with van der Waals surface area (Å²) in [5.74, 6) is 7.33. The lowest BCUT2D eigenvalue weighted by molar-refractivity contribution is 0.445. The summed E-state index contributed by atoms with van der Waals surface area (Å²) in [6, 6.07) is 0.366. The maximum absolute atomic E-state index is 5.55. The van der Waals surface area contributed by atoms with Gasteiger partial charge in [-0.25, -0.2) is 4.98 Å². The van der Waals surface area contributed by atoms with Gasteiger partial charge >= 0.3 is 0 Å². The van der Waals surface area contributed by atoms with Gasteiger partial charge < -0.3 is 0 Å². The second-order valence-electron chi connectivity index (χ2n) is 4.21. The Morgan fingerprint density at radius 3 is 3.07 bits per heavy atom. The first-order chi connectivity index (χ1) is 7.35. The molecule has 5 heteroatoms. The van der Waals surface area contributed by atoms with Gasteiger partial charge in [-0.15, -0.1) is 0 Å². The number of hydrazine groups is 1. The van der Waals surface area contributed by atoms with Gasteiger partial charge in [0.15, 0.2) is 0 Å². The molecule has 1 aromatic rings. The predicted octanol–water partition coefficient (Wildman–Crippen LogP) is 0.472. The summed E-state index contributed by atoms with van der Waals surface area (Å²) in [4.78, 5) is 4.29. The van der Waals surface area contributed by atoms with Crippen LogP contribution in [0.1, 0.15) is 32.0 Å². The highest BCUT2D eigenvalue weighted by Gasteiger charge is 2.31. The van der Waals surface area contributed by atoms with Gasteiger partial charge in [0.05, 0.1) is 0 Å². The first-order valence-corrected chi connectivity index (χ1v) is 5.68. The molecule has 1 aliphatic rings. The van der Waals surface area contributed by atoms with E-state index in [0.29, 0.717) is 6.04 Å². The van der Waals surface area contributed by atoms with Gasteiger partial charge in [-0.1, -0.05) is 6.92 Å². The molecule has 3 N–H and O–H groups in total. The van der Waals surface area contributed by atoms with Crippen molar-refractivity contribution in [2.24, 2.45) is 11.8 Å². The van der Waals surface area contributed by atoms with Crippen molar-refractivity contribution in [2.45, 2.75) is 45.2 Å². The van der Waals surface area contributed by atoms with E-state index in [1.165, 1.54) is 12.8 Å². The lowest BCUT2D eigenvalue weighted by Gasteiger charge is -2.14. The predicted molar refractivity (Wildman–Crippen MR) is 57.9 cm³/mol. The highest BCUT2D eigenvalue weighted by molar-refractivity contribution is 4.95. The fourth-order valence-electron chi connectivity index (χ4n) is 1.90. The average Bonchev–Trinajstić information content (AvgIpc) is 2.99. The molecule has 0 bridgehead atoms. The van der Waals surface area contributed by atoms with Crippen LogP contribution in [-0.4, -0.2) is 20.8 Å². The SMILES string of the molecule is CCCn1ncnc1CC(NN)C1CC1. The standard InChI is InChI=1S/C10H19N5/c1-2-5-15-10(12-7-13-15)6-9(14-11)8-3-4-8/h7-9,14H,2-6,11H2,1H3. The number of nitrogens with zero attached hydrogens (tertiary/aromatic N) is 3. The number of rotatable bonds is 6. The minimum absolute atomic E-state index is 0.366. The number of hydrogen-bond acceptors (Lipinski definition) is 4. The van der Waals surface area contributed by atoms with Crippen molar-refractivity contribution < 1.29 is 0 Å². The Morgan fingerprint density at radius 2 is 2.47 bits per heavy atom. The fourth-order valence-corrected chi connectivity index (χ4v) is 1.90. The van der Waals surface area contributed by atoms with Gasteiger partial charge in [-0.05, 0) is 25.2 Å². The molecule has 1 aliphatic carbocycles. The van der Waals surface area contributed by atoms with Gasteiger partial charge in [0.2, 0.25) is 0 Å². The molecule has 15 heavy (non-hydrogen) atoms. The molecule has 0 spiro atoms. The summed E-state index contributed by atoms with van der Waals surface area (Å²) in [5.41, 5.74) is 2.89. The zero-order valence-electron chi connectivity index (χ0n) is 9.19. The van der Waals surface area contributed by atoms with Crippen LogP contribution in [0.25, 0.3) is 0 Å². The normalized spacial score (nSPS) is 18.0. The quantitative estimate of drug-likeness (QED) is 0.528. The largest absolute Gasteiger partial charge is 0.271 e. The van der Waals surface area contributed by atoms with E-state index < -0.39 is 0 Å². The van der Waals surface area contributed by atoms with Crippen molar-refractivity contribution in [2.75, 3.05) is 0 Å². The summed E-state index contributed by atoms with van der Waals surface area (Å²) in [6.45, 7) is 3.09. The highest BCUT2D eigenvalue weighted by atomic mass is 15.3. The molecule has 1 fully saturated rings. The third-order valence-electron chi connectivity index (χ3n) is 2.94. The number of hydrogen-bond donors (Lipinski definition) is 2. The van der Waals surface area contributed by atoms with Crippen LogP contribution in [-0.2, 0) is 13.0 Å². The molecule has 5 nitrogen and oxygen atoms in total. The van der Waals surface area contributed by atoms with Crippen molar-refractivity contribution in [3.63, 3.8) is 0 Å². The number of aromatic nitrogens is 3. The molecule has 0 aliphatic heterocycles. The second kappa shape index (κ2) is 4.72. The van der Waals surface area contributed by atoms with Gasteiger partial charge in [-0.2, -0.15) is 5.10 Å². The molecular weight excluding hydrogens is 190 g/mol. The molecule has 0 saturated heterocycles. The van der Waals surface area contributed by atoms with Crippen LogP contribution in [0.5, 0.6) is 0 Å². The first-order valence-electron chi connectivity index (χ1n) is 5.68. The van der Waals surface area contributed by atoms with Crippen molar-refractivity contribution >= 4 is 0 Å². The lowest BCUT2D eigenvalue weighted by atomic mass is 10.1. The molecule has 1 saturated carbocycles. The molecule has 1 aromatic heterocycles. The Balaban J connectivity index is 1.98. The van der Waals surface area contributed by atoms with E-state index in [0.717, 1.165) is 31.1 Å². The Kier molecular flexibility index (Phi) is 3.33. The van der Waals surface area contributed by atoms with Crippen molar-refractivity contribution in [3.05, 3.63) is 12.2 Å². The third-order valence-corrected chi connectivity index (χ3v) is 2.94. The summed E-state index contributed by atoms with van der Waals surface area (Å²) in [7, 11) is 0. The first kappa shape index (κ1) is 10.6. The van der Waals surface area contributed by atoms with E-state index in [4.69, 9.17) is 5.84 Å². The van der Waals surface area contributed by atoms with Crippen molar-refractivity contribution in [1.29, 1.82) is 0 Å². The number of nitrogens with one attached hydrogen (secondary N) is 1. The van der Waals surface area contributed by atoms with Crippen LogP contribution >= 0.6 is 0 Å². The van der Waals surface area contributed by atoms with Crippen LogP contribution in [0, 0.1) is 5.92 Å². The molecule has 0 radical (unpaired) electrons. The zero-order valence-corrected chi connectivity index (χ0v) is 9.19. The van der Waals surface area contributed by atoms with Crippen LogP contribution in [0.2, 0.25) is 0 Å². The molecule has 1 unspecified atom stereocenters. The Morgan fingerprint density at radius 1 is 1.67 bits per heavy atom. The van der Waals surface area contributed by atoms with Crippen LogP contribution in [0.15, 0.2) is 6.33 Å². The average molecular weight is 209 g/mol. The number of aryl methyl sites for hydroxylation is 1. The van der Waals surface area contributed by atoms with E-state index in [9.17, 15) is 0 Å². The maximum Gasteiger partial charge on any atom is 0.138 e. The molecule has 84 valence electrons. The van der Waals surface area contributed by atoms with Gasteiger partial charge in [0.1, 0.15) is 12.2 Å². The monoisotopic (exact) mass is 209 g/mol. The molecular formula is C10H19N5. The Labute approximate surface area is 90.0 Å². The van der Waals surface area contributed by atoms with Crippen LogP contribution < -0.4 is 11.3 Å². The number of nitrogens with two attached hydrogens (primary N) is 1. The van der Waals surface area contributed by atoms with Crippen molar-refractivity contribution in [1.82, 2.24) is 20.2 Å². The zero-order chi connectivity index (χ0) is 10.7. The summed E-state index contributed by atoms with van der Waals surface area (Å²) in [5, 5.41) is 4.21. The van der Waals surface area contributed by atoms with E-state index >= 15 is 0 Å². The van der Waals surface area contributed by atoms with Crippen molar-refractivity contribution in [3.8, 4) is 0 Å². The van der Waals surface area contributed by atoms with E-state index in [2.05, 4.69) is 22.4 Å². The molecule has 1 atom stereocenters. The molecule has 1 heterocycles. The summed E-state index contributed by atoms with van der Waals surface area (Å²) in [6.07, 6.45) is 6.18. The van der Waals surface area contributed by atoms with Gasteiger partial charge in [-0.3, -0.25) is 16.0 Å². The summed E-state index contributed by atoms with van der Waals surface area (Å²) < 4.78 is 1.98. The van der Waals surface area contributed by atoms with Crippen LogP contribution in [0.3, 0.4) is 0 Å². The minimum atomic E-state index is 0.366. The maximum atomic E-state index is 5.55. The molecule has 2 rings (SSSR count). The fraction of sp³-hybridized carbons (Fsp3) is 0.800. The molecule has 0 aromatic carbocycles. The minimum Gasteiger partial charge on any atom is -0.271 e. The second-order valence-corrected chi connectivity index (χ2v) is 4.21. The van der Waals surface area contributed by atoms with E-state index in [-0.39, 0.29) is 0 Å². The highest BCUT2D eigenvalue weighted by Crippen LogP contribution is 2.33. The van der Waals surface area contributed by atoms with E-state index in [1.807, 2.05) is 4.68 Å². The Hall–Kier alpha value is -0.940. The topological polar surface area (TPSA) is 68.8 Å². The summed E-state index contributed by atoms with van der Waals surface area (Å²) >= 11 is 0. The lowest BCUT2D eigenvalue weighted by Crippen LogP contribution is -2.39. The Bertz CT molecular complexity index is 305. The van der Waals surface area contributed by atoms with Gasteiger partial charge in [0.25, 0.3) is 0 Å². The smallest absolute Gasteiger partial charge is 0.138 e. The third kappa shape index (κ3) is 2.54. The molecule has 0 amide bonds.